The van der Waals surface area contributed by atoms with E-state index >= 15 is 0 Å². The molecule has 0 aliphatic heterocycles. The second kappa shape index (κ2) is 5.50. The molecule has 0 saturated heterocycles. The Morgan fingerprint density at radius 1 is 0.889 bits per heavy atom. The predicted octanol–water partition coefficient (Wildman–Crippen LogP) is 4.23. The lowest BCUT2D eigenvalue weighted by Gasteiger charge is -2.07. The highest BCUT2D eigenvalue weighted by Gasteiger charge is 1.99. The summed E-state index contributed by atoms with van der Waals surface area (Å²) in [7, 11) is 1.80. The molecular weight excluding hydrogens is 222 g/mol. The molecule has 0 aliphatic rings. The van der Waals surface area contributed by atoms with Gasteiger partial charge in [0.2, 0.25) is 0 Å². The molecule has 0 N–H and O–H groups in total. The van der Waals surface area contributed by atoms with E-state index in [1.54, 1.807) is 7.05 Å². The summed E-state index contributed by atoms with van der Waals surface area (Å²) >= 11 is 0. The standard InChI is InChI=1S/C16H17NO/c1-12-4-8-15(9-5-12)18-16-10-6-14(7-11-16)13(2)17-3/h4-11H,1-3H3/b17-13-. The number of nitrogens with zero attached hydrogens (tertiary/aromatic N) is 1. The van der Waals surface area contributed by atoms with Crippen LogP contribution >= 0.6 is 0 Å². The molecule has 0 bridgehead atoms. The Hall–Kier alpha value is -2.09. The van der Waals surface area contributed by atoms with Crippen molar-refractivity contribution in [2.45, 2.75) is 13.8 Å². The van der Waals surface area contributed by atoms with Crippen molar-refractivity contribution in [1.82, 2.24) is 0 Å². The normalized spacial score (nSPS) is 11.4. The summed E-state index contributed by atoms with van der Waals surface area (Å²) in [6.45, 7) is 4.06. The van der Waals surface area contributed by atoms with Crippen molar-refractivity contribution in [3.05, 3.63) is 59.7 Å². The summed E-state index contributed by atoms with van der Waals surface area (Å²) in [5.41, 5.74) is 3.37. The largest absolute Gasteiger partial charge is 0.457 e. The molecule has 18 heavy (non-hydrogen) atoms. The average Bonchev–Trinajstić information content (AvgIpc) is 2.41. The Morgan fingerprint density at radius 3 is 1.89 bits per heavy atom. The van der Waals surface area contributed by atoms with E-state index in [0.29, 0.717) is 0 Å². The summed E-state index contributed by atoms with van der Waals surface area (Å²) in [5.74, 6) is 1.70. The first kappa shape index (κ1) is 12.4. The Bertz CT molecular complexity index is 538. The van der Waals surface area contributed by atoms with Gasteiger partial charge < -0.3 is 4.74 Å². The number of benzene rings is 2. The maximum Gasteiger partial charge on any atom is 0.127 e. The second-order valence-corrected chi connectivity index (χ2v) is 4.25. The molecule has 92 valence electrons. The zero-order valence-corrected chi connectivity index (χ0v) is 11.0. The van der Waals surface area contributed by atoms with Crippen LogP contribution in [-0.2, 0) is 0 Å². The number of ether oxygens (including phenoxy) is 1. The molecular formula is C16H17NO. The molecule has 2 aromatic carbocycles. The predicted molar refractivity (Wildman–Crippen MR) is 75.8 cm³/mol. The fourth-order valence-electron chi connectivity index (χ4n) is 1.64. The van der Waals surface area contributed by atoms with Gasteiger partial charge in [0.05, 0.1) is 0 Å². The highest BCUT2D eigenvalue weighted by molar-refractivity contribution is 5.98. The van der Waals surface area contributed by atoms with Gasteiger partial charge in [-0.2, -0.15) is 0 Å². The van der Waals surface area contributed by atoms with Crippen LogP contribution < -0.4 is 4.74 Å². The number of aliphatic imine (C=N–C) groups is 1. The zero-order valence-electron chi connectivity index (χ0n) is 11.0. The van der Waals surface area contributed by atoms with E-state index in [4.69, 9.17) is 4.74 Å². The monoisotopic (exact) mass is 239 g/mol. The van der Waals surface area contributed by atoms with Crippen molar-refractivity contribution in [2.24, 2.45) is 4.99 Å². The van der Waals surface area contributed by atoms with Crippen LogP contribution in [0.15, 0.2) is 53.5 Å². The molecule has 0 heterocycles. The van der Waals surface area contributed by atoms with E-state index in [9.17, 15) is 0 Å². The SMILES string of the molecule is C/N=C(/C)c1ccc(Oc2ccc(C)cc2)cc1. The van der Waals surface area contributed by atoms with Gasteiger partial charge in [-0.25, -0.2) is 0 Å². The Morgan fingerprint density at radius 2 is 1.39 bits per heavy atom. The van der Waals surface area contributed by atoms with Crippen molar-refractivity contribution in [2.75, 3.05) is 7.05 Å². The Kier molecular flexibility index (Phi) is 3.78. The molecule has 0 fully saturated rings. The Labute approximate surface area is 108 Å². The van der Waals surface area contributed by atoms with Gasteiger partial charge in [0.1, 0.15) is 11.5 Å². The lowest BCUT2D eigenvalue weighted by atomic mass is 10.1. The number of hydrogen-bond acceptors (Lipinski definition) is 2. The van der Waals surface area contributed by atoms with Gasteiger partial charge in [-0.05, 0) is 55.8 Å². The van der Waals surface area contributed by atoms with Crippen LogP contribution in [-0.4, -0.2) is 12.8 Å². The third kappa shape index (κ3) is 2.98. The van der Waals surface area contributed by atoms with Crippen LogP contribution in [0, 0.1) is 6.92 Å². The van der Waals surface area contributed by atoms with E-state index in [1.165, 1.54) is 5.56 Å². The molecule has 0 spiro atoms. The summed E-state index contributed by atoms with van der Waals surface area (Å²) in [6.07, 6.45) is 0. The summed E-state index contributed by atoms with van der Waals surface area (Å²) in [4.78, 5) is 4.16. The maximum atomic E-state index is 5.76. The molecule has 0 amide bonds. The summed E-state index contributed by atoms with van der Waals surface area (Å²) < 4.78 is 5.76. The van der Waals surface area contributed by atoms with Crippen molar-refractivity contribution in [3.63, 3.8) is 0 Å². The molecule has 2 aromatic rings. The van der Waals surface area contributed by atoms with Gasteiger partial charge in [0.15, 0.2) is 0 Å². The van der Waals surface area contributed by atoms with Gasteiger partial charge in [-0.15, -0.1) is 0 Å². The molecule has 0 atom stereocenters. The summed E-state index contributed by atoms with van der Waals surface area (Å²) in [5, 5.41) is 0. The lowest BCUT2D eigenvalue weighted by Crippen LogP contribution is -1.93. The van der Waals surface area contributed by atoms with E-state index in [2.05, 4.69) is 11.9 Å². The zero-order chi connectivity index (χ0) is 13.0. The topological polar surface area (TPSA) is 21.6 Å². The molecule has 2 heteroatoms. The Balaban J connectivity index is 2.13. The first-order valence-electron chi connectivity index (χ1n) is 5.97. The number of hydrogen-bond donors (Lipinski definition) is 0. The average molecular weight is 239 g/mol. The minimum Gasteiger partial charge on any atom is -0.457 e. The van der Waals surface area contributed by atoms with Crippen LogP contribution in [0.5, 0.6) is 11.5 Å². The van der Waals surface area contributed by atoms with Crippen LogP contribution in [0.25, 0.3) is 0 Å². The van der Waals surface area contributed by atoms with Crippen molar-refractivity contribution in [3.8, 4) is 11.5 Å². The third-order valence-electron chi connectivity index (χ3n) is 2.86. The smallest absolute Gasteiger partial charge is 0.127 e. The highest BCUT2D eigenvalue weighted by atomic mass is 16.5. The van der Waals surface area contributed by atoms with Gasteiger partial charge in [-0.1, -0.05) is 17.7 Å². The maximum absolute atomic E-state index is 5.76. The van der Waals surface area contributed by atoms with Gasteiger partial charge in [0.25, 0.3) is 0 Å². The lowest BCUT2D eigenvalue weighted by molar-refractivity contribution is 0.482. The third-order valence-corrected chi connectivity index (χ3v) is 2.86. The van der Waals surface area contributed by atoms with E-state index in [-0.39, 0.29) is 0 Å². The van der Waals surface area contributed by atoms with Crippen molar-refractivity contribution >= 4 is 5.71 Å². The number of rotatable bonds is 3. The van der Waals surface area contributed by atoms with E-state index in [0.717, 1.165) is 22.8 Å². The van der Waals surface area contributed by atoms with Crippen molar-refractivity contribution in [1.29, 1.82) is 0 Å². The van der Waals surface area contributed by atoms with Gasteiger partial charge >= 0.3 is 0 Å². The van der Waals surface area contributed by atoms with E-state index < -0.39 is 0 Å². The molecule has 0 saturated carbocycles. The minimum absolute atomic E-state index is 0.839. The van der Waals surface area contributed by atoms with Crippen molar-refractivity contribution < 1.29 is 4.74 Å². The van der Waals surface area contributed by atoms with Gasteiger partial charge in [0, 0.05) is 12.8 Å². The first-order valence-corrected chi connectivity index (χ1v) is 5.97. The molecule has 0 aromatic heterocycles. The molecule has 2 nitrogen and oxygen atoms in total. The quantitative estimate of drug-likeness (QED) is 0.735. The number of aryl methyl sites for hydroxylation is 1. The molecule has 0 radical (unpaired) electrons. The molecule has 0 aliphatic carbocycles. The van der Waals surface area contributed by atoms with Crippen LogP contribution in [0.4, 0.5) is 0 Å². The van der Waals surface area contributed by atoms with Crippen LogP contribution in [0.1, 0.15) is 18.1 Å². The minimum atomic E-state index is 0.839. The first-order chi connectivity index (χ1) is 8.69. The molecule has 2 rings (SSSR count). The van der Waals surface area contributed by atoms with Crippen LogP contribution in [0.3, 0.4) is 0 Å². The summed E-state index contributed by atoms with van der Waals surface area (Å²) in [6, 6.07) is 16.0. The van der Waals surface area contributed by atoms with Crippen LogP contribution in [0.2, 0.25) is 0 Å². The van der Waals surface area contributed by atoms with E-state index in [1.807, 2.05) is 55.5 Å². The fraction of sp³-hybridized carbons (Fsp3) is 0.188. The second-order valence-electron chi connectivity index (χ2n) is 4.25. The fourth-order valence-corrected chi connectivity index (χ4v) is 1.64. The van der Waals surface area contributed by atoms with Gasteiger partial charge in [-0.3, -0.25) is 4.99 Å². The highest BCUT2D eigenvalue weighted by Crippen LogP contribution is 2.22. The molecule has 0 unspecified atom stereocenters.